The molecule has 0 aromatic heterocycles. The molecule has 1 saturated heterocycles. The van der Waals surface area contributed by atoms with Crippen molar-refractivity contribution in [2.24, 2.45) is 0 Å². The first-order valence-electron chi connectivity index (χ1n) is 6.86. The van der Waals surface area contributed by atoms with Crippen molar-refractivity contribution in [3.8, 4) is 5.75 Å². The van der Waals surface area contributed by atoms with Gasteiger partial charge in [0.25, 0.3) is 0 Å². The number of halogens is 1. The van der Waals surface area contributed by atoms with Gasteiger partial charge < -0.3 is 5.11 Å². The van der Waals surface area contributed by atoms with Crippen LogP contribution in [0.3, 0.4) is 0 Å². The third-order valence-electron chi connectivity index (χ3n) is 3.90. The SMILES string of the molecule is Oc1ccc2cc(Br)ccc2c1CN1CCCCC1. The van der Waals surface area contributed by atoms with Crippen molar-refractivity contribution < 1.29 is 5.11 Å². The van der Waals surface area contributed by atoms with E-state index in [-0.39, 0.29) is 0 Å². The van der Waals surface area contributed by atoms with Gasteiger partial charge in [-0.3, -0.25) is 4.90 Å². The number of rotatable bonds is 2. The Bertz CT molecular complexity index is 591. The van der Waals surface area contributed by atoms with E-state index in [2.05, 4.69) is 33.0 Å². The Hall–Kier alpha value is -1.06. The fourth-order valence-corrected chi connectivity index (χ4v) is 3.24. The molecule has 0 aliphatic carbocycles. The molecule has 1 aliphatic heterocycles. The Morgan fingerprint density at radius 1 is 1.05 bits per heavy atom. The first-order valence-corrected chi connectivity index (χ1v) is 7.66. The number of benzene rings is 2. The summed E-state index contributed by atoms with van der Waals surface area (Å²) in [5.41, 5.74) is 1.06. The van der Waals surface area contributed by atoms with Crippen molar-refractivity contribution in [1.82, 2.24) is 4.90 Å². The van der Waals surface area contributed by atoms with E-state index in [0.29, 0.717) is 5.75 Å². The standard InChI is InChI=1S/C16H18BrNO/c17-13-5-6-14-12(10-13)4-7-16(19)15(14)11-18-8-2-1-3-9-18/h4-7,10,19H,1-3,8-9,11H2. The van der Waals surface area contributed by atoms with E-state index in [1.54, 1.807) is 0 Å². The Balaban J connectivity index is 1.98. The average Bonchev–Trinajstić information content (AvgIpc) is 2.43. The van der Waals surface area contributed by atoms with Gasteiger partial charge in [-0.15, -0.1) is 0 Å². The molecule has 19 heavy (non-hydrogen) atoms. The second-order valence-electron chi connectivity index (χ2n) is 5.27. The maximum atomic E-state index is 10.2. The summed E-state index contributed by atoms with van der Waals surface area (Å²) >= 11 is 3.50. The fraction of sp³-hybridized carbons (Fsp3) is 0.375. The molecular formula is C16H18BrNO. The zero-order valence-electron chi connectivity index (χ0n) is 10.9. The second-order valence-corrected chi connectivity index (χ2v) is 6.18. The number of likely N-dealkylation sites (tertiary alicyclic amines) is 1. The summed E-state index contributed by atoms with van der Waals surface area (Å²) in [7, 11) is 0. The lowest BCUT2D eigenvalue weighted by Crippen LogP contribution is -2.29. The van der Waals surface area contributed by atoms with Gasteiger partial charge in [0.15, 0.2) is 0 Å². The van der Waals surface area contributed by atoms with Gasteiger partial charge >= 0.3 is 0 Å². The van der Waals surface area contributed by atoms with Gasteiger partial charge in [-0.2, -0.15) is 0 Å². The smallest absolute Gasteiger partial charge is 0.120 e. The van der Waals surface area contributed by atoms with Crippen LogP contribution in [0, 0.1) is 0 Å². The first-order chi connectivity index (χ1) is 9.24. The number of aromatic hydroxyl groups is 1. The van der Waals surface area contributed by atoms with Gasteiger partial charge in [-0.1, -0.05) is 34.5 Å². The van der Waals surface area contributed by atoms with Gasteiger partial charge in [-0.25, -0.2) is 0 Å². The minimum absolute atomic E-state index is 0.417. The van der Waals surface area contributed by atoms with E-state index in [9.17, 15) is 5.11 Å². The van der Waals surface area contributed by atoms with Crippen LogP contribution in [0.25, 0.3) is 10.8 Å². The van der Waals surface area contributed by atoms with Crippen LogP contribution in [0.2, 0.25) is 0 Å². The van der Waals surface area contributed by atoms with Crippen LogP contribution in [0.4, 0.5) is 0 Å². The highest BCUT2D eigenvalue weighted by Gasteiger charge is 2.14. The third-order valence-corrected chi connectivity index (χ3v) is 4.39. The molecule has 0 spiro atoms. The maximum Gasteiger partial charge on any atom is 0.120 e. The van der Waals surface area contributed by atoms with Crippen LogP contribution in [-0.4, -0.2) is 23.1 Å². The Kier molecular flexibility index (Phi) is 3.76. The number of nitrogens with zero attached hydrogens (tertiary/aromatic N) is 1. The molecule has 3 heteroatoms. The molecule has 1 aliphatic rings. The summed E-state index contributed by atoms with van der Waals surface area (Å²) in [6, 6.07) is 10.0. The predicted molar refractivity (Wildman–Crippen MR) is 82.4 cm³/mol. The summed E-state index contributed by atoms with van der Waals surface area (Å²) in [6.07, 6.45) is 3.89. The lowest BCUT2D eigenvalue weighted by molar-refractivity contribution is 0.219. The number of piperidine rings is 1. The van der Waals surface area contributed by atoms with Crippen molar-refractivity contribution >= 4 is 26.7 Å². The Morgan fingerprint density at radius 2 is 1.84 bits per heavy atom. The molecule has 2 aromatic carbocycles. The predicted octanol–water partition coefficient (Wildman–Crippen LogP) is 4.29. The average molecular weight is 320 g/mol. The second kappa shape index (κ2) is 5.51. The molecule has 1 fully saturated rings. The van der Waals surface area contributed by atoms with Crippen LogP contribution in [0.15, 0.2) is 34.8 Å². The van der Waals surface area contributed by atoms with Crippen molar-refractivity contribution in [2.75, 3.05) is 13.1 Å². The zero-order chi connectivity index (χ0) is 13.2. The number of phenolic OH excluding ortho intramolecular Hbond substituents is 1. The molecule has 1 N–H and O–H groups in total. The molecule has 0 saturated carbocycles. The molecule has 3 rings (SSSR count). The quantitative estimate of drug-likeness (QED) is 0.892. The normalized spacial score (nSPS) is 16.9. The summed E-state index contributed by atoms with van der Waals surface area (Å²) in [5, 5.41) is 12.5. The lowest BCUT2D eigenvalue weighted by atomic mass is 10.0. The topological polar surface area (TPSA) is 23.5 Å². The minimum Gasteiger partial charge on any atom is -0.508 e. The summed E-state index contributed by atoms with van der Waals surface area (Å²) in [4.78, 5) is 2.44. The van der Waals surface area contributed by atoms with Crippen LogP contribution in [0.5, 0.6) is 5.75 Å². The number of fused-ring (bicyclic) bond motifs is 1. The van der Waals surface area contributed by atoms with E-state index in [1.165, 1.54) is 24.6 Å². The van der Waals surface area contributed by atoms with E-state index in [4.69, 9.17) is 0 Å². The van der Waals surface area contributed by atoms with Crippen LogP contribution >= 0.6 is 15.9 Å². The van der Waals surface area contributed by atoms with Crippen molar-refractivity contribution in [3.05, 3.63) is 40.4 Å². The van der Waals surface area contributed by atoms with E-state index in [0.717, 1.165) is 35.1 Å². The van der Waals surface area contributed by atoms with Crippen molar-refractivity contribution in [1.29, 1.82) is 0 Å². The third kappa shape index (κ3) is 2.77. The van der Waals surface area contributed by atoms with Gasteiger partial charge in [-0.05, 0) is 54.9 Å². The molecule has 0 radical (unpaired) electrons. The highest BCUT2D eigenvalue weighted by Crippen LogP contribution is 2.30. The molecule has 0 atom stereocenters. The van der Waals surface area contributed by atoms with Crippen LogP contribution < -0.4 is 0 Å². The summed E-state index contributed by atoms with van der Waals surface area (Å²) < 4.78 is 1.08. The number of hydrogen-bond donors (Lipinski definition) is 1. The van der Waals surface area contributed by atoms with Gasteiger partial charge in [0, 0.05) is 16.6 Å². The van der Waals surface area contributed by atoms with E-state index < -0.39 is 0 Å². The minimum atomic E-state index is 0.417. The van der Waals surface area contributed by atoms with Gasteiger partial charge in [0.05, 0.1) is 0 Å². The molecular weight excluding hydrogens is 302 g/mol. The Labute approximate surface area is 122 Å². The molecule has 100 valence electrons. The molecule has 1 heterocycles. The first kappa shape index (κ1) is 12.9. The maximum absolute atomic E-state index is 10.2. The molecule has 0 unspecified atom stereocenters. The zero-order valence-corrected chi connectivity index (χ0v) is 12.5. The van der Waals surface area contributed by atoms with E-state index >= 15 is 0 Å². The fourth-order valence-electron chi connectivity index (χ4n) is 2.86. The highest BCUT2D eigenvalue weighted by molar-refractivity contribution is 9.10. The Morgan fingerprint density at radius 3 is 2.63 bits per heavy atom. The largest absolute Gasteiger partial charge is 0.508 e. The van der Waals surface area contributed by atoms with Gasteiger partial charge in [0.2, 0.25) is 0 Å². The molecule has 0 amide bonds. The van der Waals surface area contributed by atoms with Crippen molar-refractivity contribution in [2.45, 2.75) is 25.8 Å². The highest BCUT2D eigenvalue weighted by atomic mass is 79.9. The van der Waals surface area contributed by atoms with Crippen LogP contribution in [0.1, 0.15) is 24.8 Å². The van der Waals surface area contributed by atoms with Crippen LogP contribution in [-0.2, 0) is 6.54 Å². The summed E-state index contributed by atoms with van der Waals surface area (Å²) in [6.45, 7) is 3.14. The lowest BCUT2D eigenvalue weighted by Gasteiger charge is -2.27. The van der Waals surface area contributed by atoms with E-state index in [1.807, 2.05) is 18.2 Å². The summed E-state index contributed by atoms with van der Waals surface area (Å²) in [5.74, 6) is 0.417. The van der Waals surface area contributed by atoms with Gasteiger partial charge in [0.1, 0.15) is 5.75 Å². The number of phenols is 1. The monoisotopic (exact) mass is 319 g/mol. The molecule has 0 bridgehead atoms. The number of hydrogen-bond acceptors (Lipinski definition) is 2. The molecule has 2 aromatic rings. The molecule has 2 nitrogen and oxygen atoms in total. The van der Waals surface area contributed by atoms with Crippen molar-refractivity contribution in [3.63, 3.8) is 0 Å².